The number of ketones is 1. The van der Waals surface area contributed by atoms with Gasteiger partial charge in [-0.15, -0.1) is 0 Å². The van der Waals surface area contributed by atoms with Crippen molar-refractivity contribution in [3.05, 3.63) is 40.9 Å². The number of carbonyl (C=O) groups is 1. The van der Waals surface area contributed by atoms with Crippen LogP contribution in [0.2, 0.25) is 5.02 Å². The van der Waals surface area contributed by atoms with Crippen molar-refractivity contribution >= 4 is 17.4 Å². The molecule has 0 amide bonds. The molecule has 0 radical (unpaired) electrons. The molecule has 1 aromatic carbocycles. The van der Waals surface area contributed by atoms with E-state index in [4.69, 9.17) is 21.4 Å². The van der Waals surface area contributed by atoms with E-state index in [0.29, 0.717) is 16.3 Å². The summed E-state index contributed by atoms with van der Waals surface area (Å²) in [7, 11) is 0. The quantitative estimate of drug-likeness (QED) is 0.664. The molecule has 3 nitrogen and oxygen atoms in total. The van der Waals surface area contributed by atoms with Gasteiger partial charge in [0.1, 0.15) is 12.4 Å². The van der Waals surface area contributed by atoms with E-state index in [-0.39, 0.29) is 24.4 Å². The Morgan fingerprint density at radius 2 is 2.11 bits per heavy atom. The molecule has 19 heavy (non-hydrogen) atoms. The van der Waals surface area contributed by atoms with Crippen LogP contribution in [0.25, 0.3) is 0 Å². The van der Waals surface area contributed by atoms with Gasteiger partial charge in [-0.25, -0.2) is 0 Å². The van der Waals surface area contributed by atoms with Crippen LogP contribution in [-0.4, -0.2) is 24.1 Å². The Bertz CT molecular complexity index is 473. The zero-order valence-corrected chi connectivity index (χ0v) is 12.2. The SMILES string of the molecule is CC(C)(C)/C=C/C(=O)c1cc(Cl)ccc1OCCO. The molecule has 0 aliphatic heterocycles. The predicted octanol–water partition coefficient (Wildman–Crippen LogP) is 3.50. The number of carbonyl (C=O) groups excluding carboxylic acids is 1. The zero-order chi connectivity index (χ0) is 14.5. The third-order valence-corrected chi connectivity index (χ3v) is 2.53. The van der Waals surface area contributed by atoms with Crippen LogP contribution in [0.4, 0.5) is 0 Å². The molecular formula is C15H19ClO3. The first-order valence-electron chi connectivity index (χ1n) is 6.10. The molecule has 0 saturated heterocycles. The Morgan fingerprint density at radius 1 is 1.42 bits per heavy atom. The Balaban J connectivity index is 3.00. The fourth-order valence-corrected chi connectivity index (χ4v) is 1.56. The largest absolute Gasteiger partial charge is 0.490 e. The van der Waals surface area contributed by atoms with Crippen molar-refractivity contribution in [2.75, 3.05) is 13.2 Å². The number of hydrogen-bond acceptors (Lipinski definition) is 3. The van der Waals surface area contributed by atoms with E-state index < -0.39 is 0 Å². The van der Waals surface area contributed by atoms with Gasteiger partial charge < -0.3 is 9.84 Å². The summed E-state index contributed by atoms with van der Waals surface area (Å²) in [5.74, 6) is 0.271. The second kappa shape index (κ2) is 6.73. The van der Waals surface area contributed by atoms with Gasteiger partial charge >= 0.3 is 0 Å². The van der Waals surface area contributed by atoms with Gasteiger partial charge in [0.25, 0.3) is 0 Å². The first kappa shape index (κ1) is 15.7. The monoisotopic (exact) mass is 282 g/mol. The highest BCUT2D eigenvalue weighted by Gasteiger charge is 2.12. The average molecular weight is 283 g/mol. The number of benzene rings is 1. The van der Waals surface area contributed by atoms with Gasteiger partial charge in [-0.05, 0) is 29.7 Å². The molecule has 1 rings (SSSR count). The maximum atomic E-state index is 12.1. The van der Waals surface area contributed by atoms with E-state index in [1.807, 2.05) is 26.8 Å². The summed E-state index contributed by atoms with van der Waals surface area (Å²) in [6.45, 7) is 6.08. The molecular weight excluding hydrogens is 264 g/mol. The Kier molecular flexibility index (Phi) is 5.58. The number of ether oxygens (including phenoxy) is 1. The van der Waals surface area contributed by atoms with E-state index in [1.165, 1.54) is 6.08 Å². The molecule has 0 aromatic heterocycles. The minimum atomic E-state index is -0.162. The maximum Gasteiger partial charge on any atom is 0.189 e. The first-order chi connectivity index (χ1) is 8.83. The number of aliphatic hydroxyl groups excluding tert-OH is 1. The molecule has 1 aromatic rings. The Morgan fingerprint density at radius 3 is 2.68 bits per heavy atom. The van der Waals surface area contributed by atoms with Gasteiger partial charge in [0.15, 0.2) is 5.78 Å². The summed E-state index contributed by atoms with van der Waals surface area (Å²) in [5, 5.41) is 9.25. The molecule has 1 N–H and O–H groups in total. The van der Waals surface area contributed by atoms with E-state index in [9.17, 15) is 4.79 Å². The van der Waals surface area contributed by atoms with Crippen LogP contribution in [0.1, 0.15) is 31.1 Å². The minimum Gasteiger partial charge on any atom is -0.490 e. The lowest BCUT2D eigenvalue weighted by Gasteiger charge is -2.12. The summed E-state index contributed by atoms with van der Waals surface area (Å²) < 4.78 is 5.33. The number of allylic oxidation sites excluding steroid dienone is 2. The molecule has 0 aliphatic carbocycles. The van der Waals surface area contributed by atoms with E-state index in [2.05, 4.69) is 0 Å². The van der Waals surface area contributed by atoms with Crippen LogP contribution in [-0.2, 0) is 0 Å². The standard InChI is InChI=1S/C15H19ClO3/c1-15(2,3)7-6-13(18)12-10-11(16)4-5-14(12)19-9-8-17/h4-7,10,17H,8-9H2,1-3H3/b7-6+. The van der Waals surface area contributed by atoms with Gasteiger partial charge in [-0.2, -0.15) is 0 Å². The molecule has 0 saturated carbocycles. The fraction of sp³-hybridized carbons (Fsp3) is 0.400. The second-order valence-electron chi connectivity index (χ2n) is 5.28. The number of hydrogen-bond donors (Lipinski definition) is 1. The average Bonchev–Trinajstić information content (AvgIpc) is 2.33. The Hall–Kier alpha value is -1.32. The second-order valence-corrected chi connectivity index (χ2v) is 5.71. The number of aliphatic hydroxyl groups is 1. The van der Waals surface area contributed by atoms with Crippen molar-refractivity contribution in [2.45, 2.75) is 20.8 Å². The predicted molar refractivity (Wildman–Crippen MR) is 77.0 cm³/mol. The lowest BCUT2D eigenvalue weighted by atomic mass is 9.95. The zero-order valence-electron chi connectivity index (χ0n) is 11.4. The molecule has 0 unspecified atom stereocenters. The van der Waals surface area contributed by atoms with Crippen molar-refractivity contribution in [3.63, 3.8) is 0 Å². The highest BCUT2D eigenvalue weighted by atomic mass is 35.5. The molecule has 0 heterocycles. The molecule has 4 heteroatoms. The maximum absolute atomic E-state index is 12.1. The summed E-state index contributed by atoms with van der Waals surface area (Å²) >= 11 is 5.90. The lowest BCUT2D eigenvalue weighted by molar-refractivity contribution is 0.104. The highest BCUT2D eigenvalue weighted by molar-refractivity contribution is 6.31. The van der Waals surface area contributed by atoms with E-state index in [1.54, 1.807) is 18.2 Å². The van der Waals surface area contributed by atoms with Crippen molar-refractivity contribution in [2.24, 2.45) is 5.41 Å². The molecule has 104 valence electrons. The third kappa shape index (κ3) is 5.45. The summed E-state index contributed by atoms with van der Waals surface area (Å²) in [6, 6.07) is 4.86. The van der Waals surface area contributed by atoms with Gasteiger partial charge in [-0.1, -0.05) is 38.4 Å². The third-order valence-electron chi connectivity index (χ3n) is 2.29. The van der Waals surface area contributed by atoms with Crippen LogP contribution in [0.15, 0.2) is 30.4 Å². The summed E-state index contributed by atoms with van der Waals surface area (Å²) in [5.41, 5.74) is 0.335. The summed E-state index contributed by atoms with van der Waals surface area (Å²) in [4.78, 5) is 12.1. The lowest BCUT2D eigenvalue weighted by Crippen LogP contribution is -2.07. The van der Waals surface area contributed by atoms with Gasteiger partial charge in [0.2, 0.25) is 0 Å². The molecule has 0 fully saturated rings. The summed E-state index contributed by atoms with van der Waals surface area (Å²) in [6.07, 6.45) is 3.36. The van der Waals surface area contributed by atoms with Crippen LogP contribution in [0.3, 0.4) is 0 Å². The smallest absolute Gasteiger partial charge is 0.189 e. The van der Waals surface area contributed by atoms with Crippen molar-refractivity contribution in [1.29, 1.82) is 0 Å². The van der Waals surface area contributed by atoms with Crippen molar-refractivity contribution < 1.29 is 14.6 Å². The first-order valence-corrected chi connectivity index (χ1v) is 6.48. The fourth-order valence-electron chi connectivity index (χ4n) is 1.39. The Labute approximate surface area is 118 Å². The van der Waals surface area contributed by atoms with Crippen LogP contribution < -0.4 is 4.74 Å². The van der Waals surface area contributed by atoms with Crippen molar-refractivity contribution in [1.82, 2.24) is 0 Å². The number of rotatable bonds is 5. The normalized spacial score (nSPS) is 11.8. The van der Waals surface area contributed by atoms with Crippen LogP contribution in [0, 0.1) is 5.41 Å². The van der Waals surface area contributed by atoms with Gasteiger partial charge in [0, 0.05) is 5.02 Å². The molecule has 0 spiro atoms. The topological polar surface area (TPSA) is 46.5 Å². The minimum absolute atomic E-state index is 0.0691. The molecule has 0 aliphatic rings. The molecule has 0 atom stereocenters. The van der Waals surface area contributed by atoms with E-state index >= 15 is 0 Å². The van der Waals surface area contributed by atoms with Crippen LogP contribution >= 0.6 is 11.6 Å². The number of halogens is 1. The van der Waals surface area contributed by atoms with E-state index in [0.717, 1.165) is 0 Å². The van der Waals surface area contributed by atoms with Crippen LogP contribution in [0.5, 0.6) is 5.75 Å². The van der Waals surface area contributed by atoms with Crippen molar-refractivity contribution in [3.8, 4) is 5.75 Å². The highest BCUT2D eigenvalue weighted by Crippen LogP contribution is 2.24. The molecule has 0 bridgehead atoms. The van der Waals surface area contributed by atoms with Gasteiger partial charge in [0.05, 0.1) is 12.2 Å². The van der Waals surface area contributed by atoms with Gasteiger partial charge in [-0.3, -0.25) is 4.79 Å².